The second-order valence-electron chi connectivity index (χ2n) is 4.20. The smallest absolute Gasteiger partial charge is 0.0701 e. The minimum Gasteiger partial charge on any atom is -0.397 e. The molecule has 0 aliphatic carbocycles. The predicted molar refractivity (Wildman–Crippen MR) is 69.5 cm³/mol. The summed E-state index contributed by atoms with van der Waals surface area (Å²) in [5, 5.41) is 0. The molecule has 0 saturated carbocycles. The molecule has 1 aromatic rings. The molecule has 4 nitrogen and oxygen atoms in total. The summed E-state index contributed by atoms with van der Waals surface area (Å²) in [6.07, 6.45) is 1.08. The number of anilines is 2. The average Bonchev–Trinajstić information content (AvgIpc) is 2.74. The third-order valence-electron chi connectivity index (χ3n) is 3.06. The standard InChI is InChI=1S/C13H20N2O2/c1-16-9-10-17-8-7-15-6-5-11-3-2-4-12(14)13(11)15/h2-4H,5-10,14H2,1H3. The van der Waals surface area contributed by atoms with Crippen molar-refractivity contribution in [1.29, 1.82) is 0 Å². The number of rotatable bonds is 6. The van der Waals surface area contributed by atoms with Crippen LogP contribution in [0.15, 0.2) is 18.2 Å². The van der Waals surface area contributed by atoms with E-state index in [1.165, 1.54) is 11.3 Å². The summed E-state index contributed by atoms with van der Waals surface area (Å²) >= 11 is 0. The lowest BCUT2D eigenvalue weighted by Crippen LogP contribution is -2.26. The molecule has 2 N–H and O–H groups in total. The Bertz CT molecular complexity index is 368. The van der Waals surface area contributed by atoms with E-state index in [1.807, 2.05) is 12.1 Å². The lowest BCUT2D eigenvalue weighted by atomic mass is 10.1. The summed E-state index contributed by atoms with van der Waals surface area (Å²) in [7, 11) is 1.68. The number of hydrogen-bond acceptors (Lipinski definition) is 4. The van der Waals surface area contributed by atoms with Crippen LogP contribution in [0.25, 0.3) is 0 Å². The summed E-state index contributed by atoms with van der Waals surface area (Å²) in [5.74, 6) is 0. The quantitative estimate of drug-likeness (QED) is 0.597. The number of nitrogens with zero attached hydrogens (tertiary/aromatic N) is 1. The van der Waals surface area contributed by atoms with E-state index in [9.17, 15) is 0 Å². The minimum atomic E-state index is 0.652. The van der Waals surface area contributed by atoms with Gasteiger partial charge in [-0.15, -0.1) is 0 Å². The molecule has 1 aromatic carbocycles. The fraction of sp³-hybridized carbons (Fsp3) is 0.538. The van der Waals surface area contributed by atoms with Crippen LogP contribution in [0.4, 0.5) is 11.4 Å². The molecule has 94 valence electrons. The molecule has 4 heteroatoms. The third kappa shape index (κ3) is 2.90. The molecule has 17 heavy (non-hydrogen) atoms. The Morgan fingerprint density at radius 2 is 2.18 bits per heavy atom. The lowest BCUT2D eigenvalue weighted by molar-refractivity contribution is 0.0742. The van der Waals surface area contributed by atoms with Gasteiger partial charge in [0.15, 0.2) is 0 Å². The molecule has 0 radical (unpaired) electrons. The van der Waals surface area contributed by atoms with Crippen molar-refractivity contribution in [2.75, 3.05) is 50.7 Å². The number of fused-ring (bicyclic) bond motifs is 1. The number of hydrogen-bond donors (Lipinski definition) is 1. The van der Waals surface area contributed by atoms with Crippen molar-refractivity contribution in [3.05, 3.63) is 23.8 Å². The summed E-state index contributed by atoms with van der Waals surface area (Å²) in [6, 6.07) is 6.13. The van der Waals surface area contributed by atoms with Gasteiger partial charge in [-0.1, -0.05) is 12.1 Å². The molecule has 1 heterocycles. The molecule has 0 bridgehead atoms. The van der Waals surface area contributed by atoms with Crippen molar-refractivity contribution in [2.24, 2.45) is 0 Å². The first kappa shape index (κ1) is 12.2. The van der Waals surface area contributed by atoms with E-state index in [1.54, 1.807) is 7.11 Å². The fourth-order valence-corrected chi connectivity index (χ4v) is 2.21. The first-order valence-electron chi connectivity index (χ1n) is 6.02. The Labute approximate surface area is 102 Å². The highest BCUT2D eigenvalue weighted by Crippen LogP contribution is 2.33. The van der Waals surface area contributed by atoms with Crippen LogP contribution in [-0.2, 0) is 15.9 Å². The van der Waals surface area contributed by atoms with E-state index < -0.39 is 0 Å². The van der Waals surface area contributed by atoms with Gasteiger partial charge in [0, 0.05) is 20.2 Å². The molecular weight excluding hydrogens is 216 g/mol. The molecule has 0 saturated heterocycles. The highest BCUT2D eigenvalue weighted by atomic mass is 16.5. The third-order valence-corrected chi connectivity index (χ3v) is 3.06. The highest BCUT2D eigenvalue weighted by molar-refractivity contribution is 5.74. The van der Waals surface area contributed by atoms with E-state index >= 15 is 0 Å². The van der Waals surface area contributed by atoms with Crippen molar-refractivity contribution in [2.45, 2.75) is 6.42 Å². The normalized spacial score (nSPS) is 14.1. The van der Waals surface area contributed by atoms with Gasteiger partial charge in [0.1, 0.15) is 0 Å². The molecule has 0 spiro atoms. The molecule has 0 fully saturated rings. The SMILES string of the molecule is COCCOCCN1CCc2cccc(N)c21. The Morgan fingerprint density at radius 3 is 3.00 bits per heavy atom. The van der Waals surface area contributed by atoms with Gasteiger partial charge in [-0.05, 0) is 18.1 Å². The van der Waals surface area contributed by atoms with Gasteiger partial charge in [0.2, 0.25) is 0 Å². The zero-order valence-corrected chi connectivity index (χ0v) is 10.3. The van der Waals surface area contributed by atoms with E-state index in [4.69, 9.17) is 15.2 Å². The number of ether oxygens (including phenoxy) is 2. The molecule has 1 aliphatic rings. The summed E-state index contributed by atoms with van der Waals surface area (Å²) < 4.78 is 10.4. The summed E-state index contributed by atoms with van der Waals surface area (Å²) in [5.41, 5.74) is 9.43. The Kier molecular flexibility index (Phi) is 4.23. The van der Waals surface area contributed by atoms with Crippen LogP contribution >= 0.6 is 0 Å². The van der Waals surface area contributed by atoms with E-state index in [0.717, 1.165) is 31.8 Å². The van der Waals surface area contributed by atoms with Crippen molar-refractivity contribution >= 4 is 11.4 Å². The molecule has 0 atom stereocenters. The van der Waals surface area contributed by atoms with Crippen LogP contribution in [0.3, 0.4) is 0 Å². The van der Waals surface area contributed by atoms with Gasteiger partial charge < -0.3 is 20.1 Å². The summed E-state index contributed by atoms with van der Waals surface area (Å²) in [6.45, 7) is 3.96. The number of benzene rings is 1. The second-order valence-corrected chi connectivity index (χ2v) is 4.20. The van der Waals surface area contributed by atoms with Crippen LogP contribution in [-0.4, -0.2) is 40.0 Å². The average molecular weight is 236 g/mol. The van der Waals surface area contributed by atoms with Crippen molar-refractivity contribution < 1.29 is 9.47 Å². The predicted octanol–water partition coefficient (Wildman–Crippen LogP) is 1.29. The molecular formula is C13H20N2O2. The lowest BCUT2D eigenvalue weighted by Gasteiger charge is -2.20. The van der Waals surface area contributed by atoms with Gasteiger partial charge in [-0.25, -0.2) is 0 Å². The van der Waals surface area contributed by atoms with Crippen LogP contribution in [0.1, 0.15) is 5.56 Å². The van der Waals surface area contributed by atoms with Gasteiger partial charge in [0.25, 0.3) is 0 Å². The molecule has 1 aliphatic heterocycles. The zero-order valence-electron chi connectivity index (χ0n) is 10.3. The van der Waals surface area contributed by atoms with Gasteiger partial charge >= 0.3 is 0 Å². The number of nitrogens with two attached hydrogens (primary N) is 1. The maximum Gasteiger partial charge on any atom is 0.0701 e. The molecule has 0 amide bonds. The summed E-state index contributed by atoms with van der Waals surface area (Å²) in [4.78, 5) is 2.30. The minimum absolute atomic E-state index is 0.652. The van der Waals surface area contributed by atoms with Gasteiger partial charge in [-0.2, -0.15) is 0 Å². The Hall–Kier alpha value is -1.26. The number of methoxy groups -OCH3 is 1. The Morgan fingerprint density at radius 1 is 1.29 bits per heavy atom. The largest absolute Gasteiger partial charge is 0.397 e. The second kappa shape index (κ2) is 5.89. The van der Waals surface area contributed by atoms with Crippen molar-refractivity contribution in [3.8, 4) is 0 Å². The van der Waals surface area contributed by atoms with E-state index in [2.05, 4.69) is 11.0 Å². The Balaban J connectivity index is 1.85. The first-order valence-corrected chi connectivity index (χ1v) is 6.02. The van der Waals surface area contributed by atoms with Gasteiger partial charge in [-0.3, -0.25) is 0 Å². The van der Waals surface area contributed by atoms with E-state index in [-0.39, 0.29) is 0 Å². The topological polar surface area (TPSA) is 47.7 Å². The highest BCUT2D eigenvalue weighted by Gasteiger charge is 2.20. The van der Waals surface area contributed by atoms with E-state index in [0.29, 0.717) is 13.2 Å². The monoisotopic (exact) mass is 236 g/mol. The van der Waals surface area contributed by atoms with Crippen molar-refractivity contribution in [1.82, 2.24) is 0 Å². The molecule has 0 aromatic heterocycles. The van der Waals surface area contributed by atoms with Crippen molar-refractivity contribution in [3.63, 3.8) is 0 Å². The first-order chi connectivity index (χ1) is 8.33. The number of nitrogen functional groups attached to an aromatic ring is 1. The maximum absolute atomic E-state index is 6.01. The molecule has 2 rings (SSSR count). The fourth-order valence-electron chi connectivity index (χ4n) is 2.21. The van der Waals surface area contributed by atoms with Crippen LogP contribution in [0.5, 0.6) is 0 Å². The van der Waals surface area contributed by atoms with Crippen LogP contribution in [0, 0.1) is 0 Å². The van der Waals surface area contributed by atoms with Gasteiger partial charge in [0.05, 0.1) is 31.2 Å². The van der Waals surface area contributed by atoms with Crippen LogP contribution < -0.4 is 10.6 Å². The zero-order chi connectivity index (χ0) is 12.1. The maximum atomic E-state index is 6.01. The van der Waals surface area contributed by atoms with Crippen LogP contribution in [0.2, 0.25) is 0 Å². The molecule has 0 unspecified atom stereocenters. The number of para-hydroxylation sites is 1.